The van der Waals surface area contributed by atoms with Crippen molar-refractivity contribution in [2.45, 2.75) is 32.1 Å². The molecule has 0 radical (unpaired) electrons. The molecule has 1 aromatic rings. The minimum atomic E-state index is -0.797. The average molecular weight is 370 g/mol. The lowest BCUT2D eigenvalue weighted by atomic mass is 9.97. The molecule has 7 nitrogen and oxygen atoms in total. The third kappa shape index (κ3) is 4.61. The molecule has 2 aliphatic rings. The van der Waals surface area contributed by atoms with Crippen LogP contribution in [-0.4, -0.2) is 48.3 Å². The lowest BCUT2D eigenvalue weighted by Crippen LogP contribution is -2.37. The van der Waals surface area contributed by atoms with Gasteiger partial charge in [-0.3, -0.25) is 24.1 Å². The summed E-state index contributed by atoms with van der Waals surface area (Å²) in [5, 5.41) is 2.71. The second kappa shape index (κ2) is 8.62. The quantitative estimate of drug-likeness (QED) is 0.449. The number of rotatable bonds is 7. The first-order valence-electron chi connectivity index (χ1n) is 9.11. The van der Waals surface area contributed by atoms with Gasteiger partial charge in [0.2, 0.25) is 0 Å². The van der Waals surface area contributed by atoms with Gasteiger partial charge in [-0.2, -0.15) is 0 Å². The van der Waals surface area contributed by atoms with Gasteiger partial charge in [-0.1, -0.05) is 23.8 Å². The van der Waals surface area contributed by atoms with Gasteiger partial charge >= 0.3 is 5.97 Å². The van der Waals surface area contributed by atoms with E-state index >= 15 is 0 Å². The third-order valence-electron chi connectivity index (χ3n) is 4.68. The van der Waals surface area contributed by atoms with Gasteiger partial charge in [-0.05, 0) is 44.2 Å². The number of imide groups is 1. The van der Waals surface area contributed by atoms with Crippen LogP contribution in [0.2, 0.25) is 0 Å². The molecule has 0 unspecified atom stereocenters. The highest BCUT2D eigenvalue weighted by molar-refractivity contribution is 6.22. The van der Waals surface area contributed by atoms with Crippen molar-refractivity contribution in [3.63, 3.8) is 0 Å². The van der Waals surface area contributed by atoms with Crippen LogP contribution in [0.3, 0.4) is 0 Å². The molecule has 0 saturated heterocycles. The number of carbonyl (C=O) groups excluding carboxylic acids is 4. The predicted octanol–water partition coefficient (Wildman–Crippen LogP) is 1.83. The van der Waals surface area contributed by atoms with E-state index < -0.39 is 36.8 Å². The Labute approximate surface area is 157 Å². The van der Waals surface area contributed by atoms with E-state index in [1.807, 2.05) is 0 Å². The first kappa shape index (κ1) is 18.8. The minimum absolute atomic E-state index is 0.269. The van der Waals surface area contributed by atoms with Gasteiger partial charge in [0, 0.05) is 6.54 Å². The molecule has 0 aromatic heterocycles. The number of fused-ring (bicyclic) bond motifs is 1. The van der Waals surface area contributed by atoms with Gasteiger partial charge in [0.1, 0.15) is 6.54 Å². The van der Waals surface area contributed by atoms with Crippen LogP contribution in [-0.2, 0) is 14.3 Å². The number of hydrogen-bond donors (Lipinski definition) is 1. The Morgan fingerprint density at radius 2 is 1.78 bits per heavy atom. The highest BCUT2D eigenvalue weighted by atomic mass is 16.5. The summed E-state index contributed by atoms with van der Waals surface area (Å²) in [4.78, 5) is 48.9. The van der Waals surface area contributed by atoms with Crippen molar-refractivity contribution in [3.8, 4) is 0 Å². The van der Waals surface area contributed by atoms with E-state index in [0.29, 0.717) is 6.54 Å². The van der Waals surface area contributed by atoms with Gasteiger partial charge in [0.25, 0.3) is 17.7 Å². The molecule has 0 saturated carbocycles. The molecule has 142 valence electrons. The van der Waals surface area contributed by atoms with Crippen LogP contribution < -0.4 is 5.32 Å². The Morgan fingerprint density at radius 1 is 1.07 bits per heavy atom. The number of nitrogens with one attached hydrogen (secondary N) is 1. The maximum absolute atomic E-state index is 12.2. The van der Waals surface area contributed by atoms with Gasteiger partial charge < -0.3 is 10.1 Å². The molecule has 1 N–H and O–H groups in total. The summed E-state index contributed by atoms with van der Waals surface area (Å²) in [6, 6.07) is 6.38. The van der Waals surface area contributed by atoms with Gasteiger partial charge in [0.15, 0.2) is 6.61 Å². The summed E-state index contributed by atoms with van der Waals surface area (Å²) >= 11 is 0. The summed E-state index contributed by atoms with van der Waals surface area (Å²) in [6.07, 6.45) is 7.60. The lowest BCUT2D eigenvalue weighted by molar-refractivity contribution is -0.148. The summed E-state index contributed by atoms with van der Waals surface area (Å²) in [5.74, 6) is -2.26. The van der Waals surface area contributed by atoms with Gasteiger partial charge in [-0.25, -0.2) is 0 Å². The molecular weight excluding hydrogens is 348 g/mol. The normalized spacial score (nSPS) is 16.0. The van der Waals surface area contributed by atoms with E-state index in [1.165, 1.54) is 30.5 Å². The zero-order valence-electron chi connectivity index (χ0n) is 15.0. The molecule has 3 rings (SSSR count). The van der Waals surface area contributed by atoms with Crippen LogP contribution in [0.4, 0.5) is 0 Å². The number of ether oxygens (including phenoxy) is 1. The third-order valence-corrected chi connectivity index (χ3v) is 4.68. The van der Waals surface area contributed by atoms with Crippen molar-refractivity contribution in [1.82, 2.24) is 10.2 Å². The molecule has 0 fully saturated rings. The van der Waals surface area contributed by atoms with E-state index in [0.717, 1.165) is 24.2 Å². The SMILES string of the molecule is O=C(COC(=O)CN1C(=O)c2ccccc2C1=O)NCCC1=CCCCC1. The molecule has 0 bridgehead atoms. The summed E-state index contributed by atoms with van der Waals surface area (Å²) in [7, 11) is 0. The number of hydrogen-bond acceptors (Lipinski definition) is 5. The van der Waals surface area contributed by atoms with Gasteiger partial charge in [-0.15, -0.1) is 0 Å². The summed E-state index contributed by atoms with van der Waals surface area (Å²) < 4.78 is 4.89. The highest BCUT2D eigenvalue weighted by Crippen LogP contribution is 2.22. The number of esters is 1. The van der Waals surface area contributed by atoms with Crippen LogP contribution in [0.5, 0.6) is 0 Å². The van der Waals surface area contributed by atoms with E-state index in [-0.39, 0.29) is 11.1 Å². The zero-order valence-corrected chi connectivity index (χ0v) is 15.0. The molecule has 1 aromatic carbocycles. The summed E-state index contributed by atoms with van der Waals surface area (Å²) in [6.45, 7) is -0.436. The van der Waals surface area contributed by atoms with Crippen LogP contribution in [0.25, 0.3) is 0 Å². The summed E-state index contributed by atoms with van der Waals surface area (Å²) in [5.41, 5.74) is 1.89. The van der Waals surface area contributed by atoms with Crippen molar-refractivity contribution >= 4 is 23.7 Å². The van der Waals surface area contributed by atoms with Crippen molar-refractivity contribution in [3.05, 3.63) is 47.0 Å². The second-order valence-corrected chi connectivity index (χ2v) is 6.61. The lowest BCUT2D eigenvalue weighted by Gasteiger charge is -2.14. The van der Waals surface area contributed by atoms with Crippen molar-refractivity contribution in [2.75, 3.05) is 19.7 Å². The first-order valence-corrected chi connectivity index (χ1v) is 9.11. The van der Waals surface area contributed by atoms with E-state index in [2.05, 4.69) is 11.4 Å². The van der Waals surface area contributed by atoms with Crippen LogP contribution in [0, 0.1) is 0 Å². The fourth-order valence-corrected chi connectivity index (χ4v) is 3.25. The maximum Gasteiger partial charge on any atom is 0.326 e. The highest BCUT2D eigenvalue weighted by Gasteiger charge is 2.36. The Hall–Kier alpha value is -2.96. The average Bonchev–Trinajstić information content (AvgIpc) is 2.92. The van der Waals surface area contributed by atoms with E-state index in [1.54, 1.807) is 12.1 Å². The largest absolute Gasteiger partial charge is 0.454 e. The molecule has 1 aliphatic carbocycles. The predicted molar refractivity (Wildman–Crippen MR) is 96.9 cm³/mol. The number of carbonyl (C=O) groups is 4. The fourth-order valence-electron chi connectivity index (χ4n) is 3.25. The molecular formula is C20H22N2O5. The standard InChI is InChI=1S/C20H22N2O5/c23-17(21-11-10-14-6-2-1-3-7-14)13-27-18(24)12-22-19(25)15-8-4-5-9-16(15)20(22)26/h4-6,8-9H,1-3,7,10-13H2,(H,21,23). The van der Waals surface area contributed by atoms with Gasteiger partial charge in [0.05, 0.1) is 11.1 Å². The smallest absolute Gasteiger partial charge is 0.326 e. The molecule has 3 amide bonds. The second-order valence-electron chi connectivity index (χ2n) is 6.61. The van der Waals surface area contributed by atoms with Crippen LogP contribution in [0.1, 0.15) is 52.8 Å². The monoisotopic (exact) mass is 370 g/mol. The maximum atomic E-state index is 12.2. The van der Waals surface area contributed by atoms with Crippen molar-refractivity contribution < 1.29 is 23.9 Å². The Morgan fingerprint density at radius 3 is 2.41 bits per heavy atom. The molecule has 1 aliphatic heterocycles. The minimum Gasteiger partial charge on any atom is -0.454 e. The Bertz CT molecular complexity index is 764. The van der Waals surface area contributed by atoms with Crippen molar-refractivity contribution in [2.24, 2.45) is 0 Å². The molecule has 1 heterocycles. The molecule has 0 spiro atoms. The number of allylic oxidation sites excluding steroid dienone is 1. The number of nitrogens with zero attached hydrogens (tertiary/aromatic N) is 1. The fraction of sp³-hybridized carbons (Fsp3) is 0.400. The van der Waals surface area contributed by atoms with E-state index in [4.69, 9.17) is 4.74 Å². The van der Waals surface area contributed by atoms with Crippen molar-refractivity contribution in [1.29, 1.82) is 0 Å². The number of amides is 3. The zero-order chi connectivity index (χ0) is 19.2. The molecule has 27 heavy (non-hydrogen) atoms. The Balaban J connectivity index is 1.39. The van der Waals surface area contributed by atoms with Crippen LogP contribution in [0.15, 0.2) is 35.9 Å². The first-order chi connectivity index (χ1) is 13.1. The van der Waals surface area contributed by atoms with Crippen LogP contribution >= 0.6 is 0 Å². The molecule has 0 atom stereocenters. The Kier molecular flexibility index (Phi) is 6.01. The number of benzene rings is 1. The van der Waals surface area contributed by atoms with E-state index in [9.17, 15) is 19.2 Å². The molecule has 7 heteroatoms. The topological polar surface area (TPSA) is 92.8 Å².